The average Bonchev–Trinajstić information content (AvgIpc) is 3.07. The molecular formula is C14H18N4S. The Morgan fingerprint density at radius 2 is 2.21 bits per heavy atom. The molecule has 0 bridgehead atoms. The number of hydrogen-bond acceptors (Lipinski definition) is 5. The maximum absolute atomic E-state index is 5.99. The number of aromatic nitrogens is 2. The Morgan fingerprint density at radius 3 is 2.95 bits per heavy atom. The number of pyridine rings is 1. The molecule has 3 N–H and O–H groups in total. The van der Waals surface area contributed by atoms with Crippen LogP contribution in [0.5, 0.6) is 0 Å². The van der Waals surface area contributed by atoms with Gasteiger partial charge in [-0.15, -0.1) is 0 Å². The van der Waals surface area contributed by atoms with Crippen molar-refractivity contribution < 1.29 is 0 Å². The van der Waals surface area contributed by atoms with Crippen LogP contribution >= 0.6 is 11.5 Å². The molecule has 0 unspecified atom stereocenters. The molecule has 19 heavy (non-hydrogen) atoms. The van der Waals surface area contributed by atoms with E-state index in [4.69, 9.17) is 5.73 Å². The van der Waals surface area contributed by atoms with Gasteiger partial charge in [0.1, 0.15) is 10.8 Å². The van der Waals surface area contributed by atoms with Crippen LogP contribution in [0, 0.1) is 5.92 Å². The smallest absolute Gasteiger partial charge is 0.147 e. The lowest BCUT2D eigenvalue weighted by atomic mass is 10.1. The SMILES string of the molecule is Nc1nsc(NCC2CCCC2)c1-c1cccnc1. The summed E-state index contributed by atoms with van der Waals surface area (Å²) in [4.78, 5) is 4.15. The predicted octanol–water partition coefficient (Wildman–Crippen LogP) is 3.39. The van der Waals surface area contributed by atoms with E-state index in [0.717, 1.165) is 28.6 Å². The highest BCUT2D eigenvalue weighted by Gasteiger charge is 2.18. The summed E-state index contributed by atoms with van der Waals surface area (Å²) in [6.07, 6.45) is 9.01. The van der Waals surface area contributed by atoms with Crippen LogP contribution in [0.2, 0.25) is 0 Å². The molecule has 100 valence electrons. The van der Waals surface area contributed by atoms with Gasteiger partial charge < -0.3 is 11.1 Å². The molecule has 0 saturated heterocycles. The van der Waals surface area contributed by atoms with Gasteiger partial charge in [-0.3, -0.25) is 4.98 Å². The number of hydrogen-bond donors (Lipinski definition) is 2. The van der Waals surface area contributed by atoms with Crippen LogP contribution < -0.4 is 11.1 Å². The van der Waals surface area contributed by atoms with Crippen molar-refractivity contribution in [2.24, 2.45) is 5.92 Å². The lowest BCUT2D eigenvalue weighted by Gasteiger charge is -2.11. The third-order valence-corrected chi connectivity index (χ3v) is 4.51. The minimum absolute atomic E-state index is 0.590. The van der Waals surface area contributed by atoms with Crippen LogP contribution in [-0.2, 0) is 0 Å². The lowest BCUT2D eigenvalue weighted by molar-refractivity contribution is 0.580. The minimum Gasteiger partial charge on any atom is -0.382 e. The third-order valence-electron chi connectivity index (χ3n) is 3.69. The van der Waals surface area contributed by atoms with Crippen LogP contribution in [0.1, 0.15) is 25.7 Å². The Hall–Kier alpha value is -1.62. The predicted molar refractivity (Wildman–Crippen MR) is 80.2 cm³/mol. The van der Waals surface area contributed by atoms with Gasteiger partial charge in [0.15, 0.2) is 0 Å². The zero-order chi connectivity index (χ0) is 13.1. The Labute approximate surface area is 117 Å². The van der Waals surface area contributed by atoms with Crippen molar-refractivity contribution in [2.75, 3.05) is 17.6 Å². The zero-order valence-electron chi connectivity index (χ0n) is 10.8. The highest BCUT2D eigenvalue weighted by atomic mass is 32.1. The molecule has 4 nitrogen and oxygen atoms in total. The number of rotatable bonds is 4. The van der Waals surface area contributed by atoms with E-state index in [1.54, 1.807) is 6.20 Å². The summed E-state index contributed by atoms with van der Waals surface area (Å²) in [7, 11) is 0. The summed E-state index contributed by atoms with van der Waals surface area (Å²) >= 11 is 1.44. The van der Waals surface area contributed by atoms with Crippen LogP contribution in [-0.4, -0.2) is 15.9 Å². The second-order valence-electron chi connectivity index (χ2n) is 5.05. The number of nitrogens with one attached hydrogen (secondary N) is 1. The van der Waals surface area contributed by atoms with E-state index in [-0.39, 0.29) is 0 Å². The van der Waals surface area contributed by atoms with Gasteiger partial charge in [-0.1, -0.05) is 18.9 Å². The first kappa shape index (κ1) is 12.4. The van der Waals surface area contributed by atoms with E-state index in [0.29, 0.717) is 5.82 Å². The van der Waals surface area contributed by atoms with Crippen molar-refractivity contribution in [3.63, 3.8) is 0 Å². The Balaban J connectivity index is 1.78. The van der Waals surface area contributed by atoms with Gasteiger partial charge in [-0.2, -0.15) is 4.37 Å². The van der Waals surface area contributed by atoms with Gasteiger partial charge in [0.25, 0.3) is 0 Å². The third kappa shape index (κ3) is 2.71. The van der Waals surface area contributed by atoms with E-state index in [1.807, 2.05) is 18.3 Å². The first-order valence-electron chi connectivity index (χ1n) is 6.74. The Bertz CT molecular complexity index is 532. The molecule has 1 fully saturated rings. The van der Waals surface area contributed by atoms with Crippen molar-refractivity contribution in [3.8, 4) is 11.1 Å². The van der Waals surface area contributed by atoms with Crippen molar-refractivity contribution in [1.29, 1.82) is 0 Å². The molecule has 3 rings (SSSR count). The van der Waals surface area contributed by atoms with E-state index in [1.165, 1.54) is 37.2 Å². The molecule has 1 aliphatic rings. The summed E-state index contributed by atoms with van der Waals surface area (Å²) in [5.74, 6) is 1.39. The summed E-state index contributed by atoms with van der Waals surface area (Å²) in [6, 6.07) is 3.95. The summed E-state index contributed by atoms with van der Waals surface area (Å²) in [5.41, 5.74) is 8.02. The molecule has 2 heterocycles. The highest BCUT2D eigenvalue weighted by Crippen LogP contribution is 2.37. The minimum atomic E-state index is 0.590. The van der Waals surface area contributed by atoms with Crippen LogP contribution in [0.15, 0.2) is 24.5 Å². The summed E-state index contributed by atoms with van der Waals surface area (Å²) in [5, 5.41) is 4.59. The van der Waals surface area contributed by atoms with Crippen molar-refractivity contribution in [3.05, 3.63) is 24.5 Å². The topological polar surface area (TPSA) is 63.8 Å². The highest BCUT2D eigenvalue weighted by molar-refractivity contribution is 7.11. The fourth-order valence-corrected chi connectivity index (χ4v) is 3.41. The number of nitrogens with two attached hydrogens (primary N) is 1. The molecule has 0 amide bonds. The van der Waals surface area contributed by atoms with Gasteiger partial charge in [0, 0.05) is 24.5 Å². The Morgan fingerprint density at radius 1 is 1.37 bits per heavy atom. The van der Waals surface area contributed by atoms with Gasteiger partial charge in [0.05, 0.1) is 5.56 Å². The maximum atomic E-state index is 5.99. The van der Waals surface area contributed by atoms with E-state index in [2.05, 4.69) is 14.7 Å². The fraction of sp³-hybridized carbons (Fsp3) is 0.429. The monoisotopic (exact) mass is 274 g/mol. The summed E-state index contributed by atoms with van der Waals surface area (Å²) < 4.78 is 4.27. The number of nitrogen functional groups attached to an aromatic ring is 1. The molecule has 5 heteroatoms. The molecular weight excluding hydrogens is 256 g/mol. The Kier molecular flexibility index (Phi) is 3.64. The molecule has 0 spiro atoms. The average molecular weight is 274 g/mol. The number of anilines is 2. The van der Waals surface area contributed by atoms with Crippen molar-refractivity contribution in [1.82, 2.24) is 9.36 Å². The van der Waals surface area contributed by atoms with Gasteiger partial charge in [-0.25, -0.2) is 0 Å². The standard InChI is InChI=1S/C14H18N4S/c15-13-12(11-6-3-7-16-9-11)14(19-18-13)17-8-10-4-1-2-5-10/h3,6-7,9-10,17H,1-2,4-5,8H2,(H2,15,18). The maximum Gasteiger partial charge on any atom is 0.147 e. The molecule has 0 atom stereocenters. The van der Waals surface area contributed by atoms with E-state index < -0.39 is 0 Å². The van der Waals surface area contributed by atoms with Crippen molar-refractivity contribution in [2.45, 2.75) is 25.7 Å². The fourth-order valence-electron chi connectivity index (χ4n) is 2.66. The van der Waals surface area contributed by atoms with Crippen LogP contribution in [0.3, 0.4) is 0 Å². The van der Waals surface area contributed by atoms with Gasteiger partial charge in [-0.05, 0) is 36.4 Å². The van der Waals surface area contributed by atoms with Crippen LogP contribution in [0.4, 0.5) is 10.8 Å². The molecule has 1 aliphatic carbocycles. The largest absolute Gasteiger partial charge is 0.382 e. The quantitative estimate of drug-likeness (QED) is 0.897. The first-order valence-corrected chi connectivity index (χ1v) is 7.51. The molecule has 0 aliphatic heterocycles. The van der Waals surface area contributed by atoms with Gasteiger partial charge >= 0.3 is 0 Å². The normalized spacial score (nSPS) is 15.8. The molecule has 2 aromatic heterocycles. The zero-order valence-corrected chi connectivity index (χ0v) is 11.6. The summed E-state index contributed by atoms with van der Waals surface area (Å²) in [6.45, 7) is 1.02. The molecule has 0 radical (unpaired) electrons. The molecule has 2 aromatic rings. The lowest BCUT2D eigenvalue weighted by Crippen LogP contribution is -2.10. The number of nitrogens with zero attached hydrogens (tertiary/aromatic N) is 2. The molecule has 0 aromatic carbocycles. The van der Waals surface area contributed by atoms with Gasteiger partial charge in [0.2, 0.25) is 0 Å². The van der Waals surface area contributed by atoms with E-state index in [9.17, 15) is 0 Å². The second-order valence-corrected chi connectivity index (χ2v) is 5.82. The van der Waals surface area contributed by atoms with Crippen molar-refractivity contribution >= 4 is 22.4 Å². The van der Waals surface area contributed by atoms with Crippen LogP contribution in [0.25, 0.3) is 11.1 Å². The van der Waals surface area contributed by atoms with E-state index >= 15 is 0 Å². The first-order chi connectivity index (χ1) is 9.34. The second kappa shape index (κ2) is 5.57. The molecule has 1 saturated carbocycles.